The molecule has 0 radical (unpaired) electrons. The van der Waals surface area contributed by atoms with Crippen LogP contribution in [-0.4, -0.2) is 19.6 Å². The maximum Gasteiger partial charge on any atom is 0.0972 e. The number of rotatable bonds is 5. The highest BCUT2D eigenvalue weighted by Gasteiger charge is 2.17. The Balaban J connectivity index is 1.40. The van der Waals surface area contributed by atoms with Crippen molar-refractivity contribution < 1.29 is 0 Å². The summed E-state index contributed by atoms with van der Waals surface area (Å²) in [5, 5.41) is 8.32. The summed E-state index contributed by atoms with van der Waals surface area (Å²) < 4.78 is 2.03. The minimum Gasteiger partial charge on any atom is -0.254 e. The van der Waals surface area contributed by atoms with E-state index in [2.05, 4.69) is 134 Å². The molecule has 40 heavy (non-hydrogen) atoms. The lowest BCUT2D eigenvalue weighted by Gasteiger charge is -2.17. The summed E-state index contributed by atoms with van der Waals surface area (Å²) in [6.07, 6.45) is 10.5. The molecule has 4 heterocycles. The van der Waals surface area contributed by atoms with Gasteiger partial charge in [0.15, 0.2) is 0 Å². The zero-order valence-corrected chi connectivity index (χ0v) is 22.5. The van der Waals surface area contributed by atoms with Crippen molar-refractivity contribution in [2.75, 3.05) is 0 Å². The van der Waals surface area contributed by atoms with E-state index in [4.69, 9.17) is 10.1 Å². The van der Waals surface area contributed by atoms with Crippen LogP contribution in [0.15, 0.2) is 121 Å². The summed E-state index contributed by atoms with van der Waals surface area (Å²) in [5.74, 6) is 0.142. The van der Waals surface area contributed by atoms with Crippen molar-refractivity contribution in [3.8, 4) is 11.4 Å². The third-order valence-electron chi connectivity index (χ3n) is 7.58. The van der Waals surface area contributed by atoms with Crippen LogP contribution in [0.1, 0.15) is 36.5 Å². The Morgan fingerprint density at radius 1 is 0.750 bits per heavy atom. The molecule has 7 aromatic rings. The van der Waals surface area contributed by atoms with Gasteiger partial charge >= 0.3 is 0 Å². The van der Waals surface area contributed by atoms with Crippen LogP contribution in [0.25, 0.3) is 55.7 Å². The number of allylic oxidation sites excluding steroid dienone is 3. The normalized spacial score (nSPS) is 12.9. The molecule has 4 nitrogen and oxygen atoms in total. The van der Waals surface area contributed by atoms with Crippen LogP contribution in [0.2, 0.25) is 0 Å². The smallest absolute Gasteiger partial charge is 0.0972 e. The maximum atomic E-state index is 5.09. The van der Waals surface area contributed by atoms with Crippen molar-refractivity contribution in [3.63, 3.8) is 0 Å². The van der Waals surface area contributed by atoms with E-state index in [-0.39, 0.29) is 5.92 Å². The maximum absolute atomic E-state index is 5.09. The van der Waals surface area contributed by atoms with Crippen LogP contribution in [0, 0.1) is 0 Å². The lowest BCUT2D eigenvalue weighted by Crippen LogP contribution is -2.00. The van der Waals surface area contributed by atoms with Crippen molar-refractivity contribution in [1.29, 1.82) is 0 Å². The molecule has 0 fully saturated rings. The first-order chi connectivity index (χ1) is 19.7. The lowest BCUT2D eigenvalue weighted by atomic mass is 9.87. The molecule has 0 aliphatic heterocycles. The second kappa shape index (κ2) is 9.90. The predicted octanol–water partition coefficient (Wildman–Crippen LogP) is 8.99. The Morgan fingerprint density at radius 2 is 1.60 bits per heavy atom. The number of fused-ring (bicyclic) bond motifs is 6. The zero-order chi connectivity index (χ0) is 27.1. The molecular formula is C36H28N4. The van der Waals surface area contributed by atoms with Gasteiger partial charge < -0.3 is 0 Å². The molecule has 0 aliphatic rings. The van der Waals surface area contributed by atoms with Gasteiger partial charge in [0.05, 0.1) is 33.5 Å². The van der Waals surface area contributed by atoms with Crippen LogP contribution in [-0.2, 0) is 0 Å². The third kappa shape index (κ3) is 3.97. The van der Waals surface area contributed by atoms with E-state index in [1.165, 1.54) is 16.7 Å². The van der Waals surface area contributed by atoms with Gasteiger partial charge in [-0.1, -0.05) is 85.0 Å². The first kappa shape index (κ1) is 24.0. The van der Waals surface area contributed by atoms with Crippen molar-refractivity contribution in [2.45, 2.75) is 19.8 Å². The minimum absolute atomic E-state index is 0.142. The standard InChI is InChI=1S/C36H28N4/c1-3-9-24-11-5-6-13-29(24)28(10-4-2)27-19-20-31-30(23-27)33-14-7-15-34(40(33)39-31)32-21-18-26-17-16-25-12-8-22-37-35(25)36(26)38-32/h3-23,28H,1-2H3/b9-3-,10-4-. The molecular weight excluding hydrogens is 488 g/mol. The van der Waals surface area contributed by atoms with Crippen molar-refractivity contribution in [2.24, 2.45) is 0 Å². The first-order valence-corrected chi connectivity index (χ1v) is 13.7. The average molecular weight is 517 g/mol. The number of hydrogen-bond donors (Lipinski definition) is 0. The molecule has 0 saturated carbocycles. The monoisotopic (exact) mass is 516 g/mol. The molecule has 4 aromatic heterocycles. The third-order valence-corrected chi connectivity index (χ3v) is 7.58. The Hall–Kier alpha value is -5.09. The SMILES string of the molecule is C/C=C\c1ccccc1C(/C=C\C)c1ccc2nn3c(-c4ccc5ccc6cccnc6c5n4)cccc3c2c1. The van der Waals surface area contributed by atoms with Gasteiger partial charge in [-0.2, -0.15) is 5.10 Å². The van der Waals surface area contributed by atoms with E-state index < -0.39 is 0 Å². The van der Waals surface area contributed by atoms with Crippen molar-refractivity contribution in [3.05, 3.63) is 138 Å². The summed E-state index contributed by atoms with van der Waals surface area (Å²) in [5.41, 5.74) is 9.43. The topological polar surface area (TPSA) is 43.1 Å². The van der Waals surface area contributed by atoms with Gasteiger partial charge in [-0.05, 0) is 66.9 Å². The van der Waals surface area contributed by atoms with E-state index in [0.717, 1.165) is 49.6 Å². The summed E-state index contributed by atoms with van der Waals surface area (Å²) in [4.78, 5) is 9.72. The number of aromatic nitrogens is 4. The van der Waals surface area contributed by atoms with E-state index in [0.29, 0.717) is 0 Å². The first-order valence-electron chi connectivity index (χ1n) is 13.7. The molecule has 0 spiro atoms. The Kier molecular flexibility index (Phi) is 5.94. The molecule has 0 aliphatic carbocycles. The average Bonchev–Trinajstić information content (AvgIpc) is 3.38. The van der Waals surface area contributed by atoms with Gasteiger partial charge in [0, 0.05) is 28.3 Å². The van der Waals surface area contributed by atoms with Gasteiger partial charge in [-0.25, -0.2) is 9.50 Å². The minimum atomic E-state index is 0.142. The molecule has 1 unspecified atom stereocenters. The van der Waals surface area contributed by atoms with E-state index in [1.807, 2.05) is 16.8 Å². The Labute approximate surface area is 233 Å². The Morgan fingerprint density at radius 3 is 2.48 bits per heavy atom. The molecule has 7 rings (SSSR count). The number of pyridine rings is 3. The van der Waals surface area contributed by atoms with Gasteiger partial charge in [-0.15, -0.1) is 0 Å². The molecule has 0 N–H and O–H groups in total. The van der Waals surface area contributed by atoms with E-state index in [1.54, 1.807) is 0 Å². The van der Waals surface area contributed by atoms with Crippen LogP contribution in [0.4, 0.5) is 0 Å². The van der Waals surface area contributed by atoms with Gasteiger partial charge in [-0.3, -0.25) is 4.98 Å². The number of benzene rings is 3. The lowest BCUT2D eigenvalue weighted by molar-refractivity contribution is 0.983. The van der Waals surface area contributed by atoms with Gasteiger partial charge in [0.2, 0.25) is 0 Å². The van der Waals surface area contributed by atoms with Gasteiger partial charge in [0.25, 0.3) is 0 Å². The van der Waals surface area contributed by atoms with Crippen LogP contribution >= 0.6 is 0 Å². The molecule has 0 saturated heterocycles. The molecule has 192 valence electrons. The highest BCUT2D eigenvalue weighted by molar-refractivity contribution is 6.03. The fraction of sp³-hybridized carbons (Fsp3) is 0.0833. The van der Waals surface area contributed by atoms with Crippen molar-refractivity contribution >= 4 is 44.3 Å². The van der Waals surface area contributed by atoms with Gasteiger partial charge in [0.1, 0.15) is 0 Å². The predicted molar refractivity (Wildman–Crippen MR) is 167 cm³/mol. The van der Waals surface area contributed by atoms with E-state index >= 15 is 0 Å². The molecule has 4 heteroatoms. The second-order valence-electron chi connectivity index (χ2n) is 10.0. The van der Waals surface area contributed by atoms with Crippen molar-refractivity contribution in [1.82, 2.24) is 19.6 Å². The second-order valence-corrected chi connectivity index (χ2v) is 10.0. The molecule has 3 aromatic carbocycles. The number of hydrogen-bond acceptors (Lipinski definition) is 3. The number of nitrogens with zero attached hydrogens (tertiary/aromatic N) is 4. The quantitative estimate of drug-likeness (QED) is 0.169. The summed E-state index contributed by atoms with van der Waals surface area (Å²) in [6, 6.07) is 34.0. The van der Waals surface area contributed by atoms with Crippen LogP contribution in [0.3, 0.4) is 0 Å². The largest absolute Gasteiger partial charge is 0.254 e. The fourth-order valence-corrected chi connectivity index (χ4v) is 5.73. The summed E-state index contributed by atoms with van der Waals surface area (Å²) in [7, 11) is 0. The van der Waals surface area contributed by atoms with Crippen LogP contribution in [0.5, 0.6) is 0 Å². The fourth-order valence-electron chi connectivity index (χ4n) is 5.73. The highest BCUT2D eigenvalue weighted by atomic mass is 15.2. The highest BCUT2D eigenvalue weighted by Crippen LogP contribution is 2.34. The summed E-state index contributed by atoms with van der Waals surface area (Å²) in [6.45, 7) is 4.15. The Bertz CT molecular complexity index is 2100. The summed E-state index contributed by atoms with van der Waals surface area (Å²) >= 11 is 0. The molecule has 0 amide bonds. The zero-order valence-electron chi connectivity index (χ0n) is 22.5. The molecule has 0 bridgehead atoms. The molecule has 1 atom stereocenters. The van der Waals surface area contributed by atoms with Crippen LogP contribution < -0.4 is 0 Å². The van der Waals surface area contributed by atoms with E-state index in [9.17, 15) is 0 Å².